The maximum atomic E-state index is 12.6. The van der Waals surface area contributed by atoms with Crippen molar-refractivity contribution in [3.05, 3.63) is 76.9 Å². The fourth-order valence-electron chi connectivity index (χ4n) is 3.04. The third-order valence-corrected chi connectivity index (χ3v) is 4.29. The Morgan fingerprint density at radius 2 is 1.62 bits per heavy atom. The van der Waals surface area contributed by atoms with E-state index in [1.807, 2.05) is 6.92 Å². The first-order valence-electron chi connectivity index (χ1n) is 8.02. The Bertz CT molecular complexity index is 900. The van der Waals surface area contributed by atoms with E-state index in [1.54, 1.807) is 54.6 Å². The van der Waals surface area contributed by atoms with Gasteiger partial charge in [0.15, 0.2) is 0 Å². The molecule has 0 aromatic heterocycles. The van der Waals surface area contributed by atoms with Gasteiger partial charge in [0.05, 0.1) is 11.6 Å². The van der Waals surface area contributed by atoms with Gasteiger partial charge in [-0.05, 0) is 12.5 Å². The predicted molar refractivity (Wildman–Crippen MR) is 94.3 cm³/mol. The van der Waals surface area contributed by atoms with Crippen molar-refractivity contribution in [2.24, 2.45) is 0 Å². The van der Waals surface area contributed by atoms with E-state index in [-0.39, 0.29) is 11.3 Å². The summed E-state index contributed by atoms with van der Waals surface area (Å²) in [7, 11) is 0. The van der Waals surface area contributed by atoms with E-state index >= 15 is 0 Å². The number of carboxylic acid groups (broad SMARTS) is 1. The molecule has 1 saturated heterocycles. The molecule has 2 aromatic carbocycles. The van der Waals surface area contributed by atoms with Gasteiger partial charge in [0.1, 0.15) is 12.3 Å². The van der Waals surface area contributed by atoms with Crippen molar-refractivity contribution < 1.29 is 24.6 Å². The highest BCUT2D eigenvalue weighted by atomic mass is 16.4. The first-order chi connectivity index (χ1) is 12.4. The summed E-state index contributed by atoms with van der Waals surface area (Å²) in [4.78, 5) is 37.1. The zero-order valence-electron chi connectivity index (χ0n) is 14.0. The smallest absolute Gasteiger partial charge is 0.323 e. The molecule has 0 spiro atoms. The number of carbonyl (C=O) groups excluding carboxylic acids is 2. The molecule has 6 heteroatoms. The lowest BCUT2D eigenvalue weighted by Crippen LogP contribution is -2.34. The van der Waals surface area contributed by atoms with Crippen LogP contribution in [0.4, 0.5) is 0 Å². The highest BCUT2D eigenvalue weighted by molar-refractivity contribution is 6.46. The molecule has 1 aliphatic rings. The minimum Gasteiger partial charge on any atom is -0.507 e. The molecule has 1 unspecified atom stereocenters. The third kappa shape index (κ3) is 3.09. The number of ketones is 1. The number of amides is 1. The number of aryl methyl sites for hydroxylation is 1. The van der Waals surface area contributed by atoms with Crippen LogP contribution >= 0.6 is 0 Å². The molecule has 3 rings (SSSR count). The highest BCUT2D eigenvalue weighted by Crippen LogP contribution is 2.39. The van der Waals surface area contributed by atoms with Gasteiger partial charge in [-0.2, -0.15) is 0 Å². The van der Waals surface area contributed by atoms with Crippen molar-refractivity contribution in [1.82, 2.24) is 4.90 Å². The van der Waals surface area contributed by atoms with Crippen LogP contribution in [0, 0.1) is 6.92 Å². The molecule has 26 heavy (non-hydrogen) atoms. The molecule has 2 aromatic rings. The Kier molecular flexibility index (Phi) is 4.58. The second kappa shape index (κ2) is 6.84. The van der Waals surface area contributed by atoms with Gasteiger partial charge < -0.3 is 15.1 Å². The summed E-state index contributed by atoms with van der Waals surface area (Å²) in [5, 5.41) is 19.8. The summed E-state index contributed by atoms with van der Waals surface area (Å²) in [6.07, 6.45) is 0. The van der Waals surface area contributed by atoms with Crippen LogP contribution in [0.1, 0.15) is 22.7 Å². The van der Waals surface area contributed by atoms with Gasteiger partial charge in [0.2, 0.25) is 0 Å². The number of aliphatic hydroxyl groups is 1. The van der Waals surface area contributed by atoms with Gasteiger partial charge >= 0.3 is 5.97 Å². The Hall–Kier alpha value is -3.41. The quantitative estimate of drug-likeness (QED) is 0.501. The fraction of sp³-hybridized carbons (Fsp3) is 0.150. The van der Waals surface area contributed by atoms with Crippen LogP contribution in [0.3, 0.4) is 0 Å². The Morgan fingerprint density at radius 1 is 1.00 bits per heavy atom. The number of aliphatic carboxylic acids is 1. The monoisotopic (exact) mass is 351 g/mol. The average molecular weight is 351 g/mol. The number of carbonyl (C=O) groups is 3. The Labute approximate surface area is 150 Å². The lowest BCUT2D eigenvalue weighted by Gasteiger charge is -2.23. The molecule has 132 valence electrons. The van der Waals surface area contributed by atoms with Gasteiger partial charge in [0.25, 0.3) is 11.7 Å². The van der Waals surface area contributed by atoms with E-state index in [4.69, 9.17) is 5.11 Å². The standard InChI is InChI=1S/C20H17NO5/c1-12-7-9-14(10-8-12)18(24)16-17(13-5-3-2-4-6-13)21(11-15(22)23)20(26)19(16)25/h2-10,17,24H,11H2,1H3,(H,22,23)/b18-16-. The summed E-state index contributed by atoms with van der Waals surface area (Å²) in [6.45, 7) is 1.26. The second-order valence-electron chi connectivity index (χ2n) is 6.10. The van der Waals surface area contributed by atoms with E-state index in [0.29, 0.717) is 11.1 Å². The summed E-state index contributed by atoms with van der Waals surface area (Å²) in [5.74, 6) is -3.37. The van der Waals surface area contributed by atoms with E-state index < -0.39 is 30.2 Å². The maximum absolute atomic E-state index is 12.6. The number of rotatable bonds is 4. The zero-order chi connectivity index (χ0) is 18.8. The van der Waals surface area contributed by atoms with Crippen LogP contribution in [0.25, 0.3) is 5.76 Å². The normalized spacial score (nSPS) is 19.0. The van der Waals surface area contributed by atoms with Gasteiger partial charge in [0, 0.05) is 5.56 Å². The molecule has 0 saturated carbocycles. The largest absolute Gasteiger partial charge is 0.507 e. The SMILES string of the molecule is Cc1ccc(/C(O)=C2/C(=O)C(=O)N(CC(=O)O)C2c2ccccc2)cc1. The lowest BCUT2D eigenvalue weighted by atomic mass is 9.95. The lowest BCUT2D eigenvalue weighted by molar-refractivity contribution is -0.146. The summed E-state index contributed by atoms with van der Waals surface area (Å²) < 4.78 is 0. The number of carboxylic acids is 1. The number of likely N-dealkylation sites (tertiary alicyclic amines) is 1. The van der Waals surface area contributed by atoms with Crippen molar-refractivity contribution >= 4 is 23.4 Å². The van der Waals surface area contributed by atoms with Crippen molar-refractivity contribution in [3.8, 4) is 0 Å². The van der Waals surface area contributed by atoms with Crippen LogP contribution < -0.4 is 0 Å². The first-order valence-corrected chi connectivity index (χ1v) is 8.02. The number of nitrogens with zero attached hydrogens (tertiary/aromatic N) is 1. The molecule has 1 atom stereocenters. The first kappa shape index (κ1) is 17.4. The third-order valence-electron chi connectivity index (χ3n) is 4.29. The molecule has 1 heterocycles. The average Bonchev–Trinajstić information content (AvgIpc) is 2.87. The Morgan fingerprint density at radius 3 is 2.19 bits per heavy atom. The van der Waals surface area contributed by atoms with Crippen LogP contribution in [0.15, 0.2) is 60.2 Å². The maximum Gasteiger partial charge on any atom is 0.323 e. The molecule has 6 nitrogen and oxygen atoms in total. The highest BCUT2D eigenvalue weighted by Gasteiger charge is 2.46. The Balaban J connectivity index is 2.18. The van der Waals surface area contributed by atoms with Crippen LogP contribution in [-0.2, 0) is 14.4 Å². The molecular formula is C20H17NO5. The van der Waals surface area contributed by atoms with Crippen LogP contribution in [0.2, 0.25) is 0 Å². The van der Waals surface area contributed by atoms with Crippen molar-refractivity contribution in [2.75, 3.05) is 6.54 Å². The van der Waals surface area contributed by atoms with E-state index in [0.717, 1.165) is 10.5 Å². The molecule has 1 amide bonds. The van der Waals surface area contributed by atoms with E-state index in [1.165, 1.54) is 0 Å². The number of hydrogen-bond acceptors (Lipinski definition) is 4. The molecule has 1 aliphatic heterocycles. The fourth-order valence-corrected chi connectivity index (χ4v) is 3.04. The summed E-state index contributed by atoms with van der Waals surface area (Å²) in [5.41, 5.74) is 1.82. The number of benzene rings is 2. The van der Waals surface area contributed by atoms with Crippen LogP contribution in [-0.4, -0.2) is 39.3 Å². The summed E-state index contributed by atoms with van der Waals surface area (Å²) >= 11 is 0. The van der Waals surface area contributed by atoms with Gasteiger partial charge in [-0.25, -0.2) is 0 Å². The van der Waals surface area contributed by atoms with Gasteiger partial charge in [-0.1, -0.05) is 60.2 Å². The molecule has 0 bridgehead atoms. The predicted octanol–water partition coefficient (Wildman–Crippen LogP) is 2.50. The van der Waals surface area contributed by atoms with E-state index in [2.05, 4.69) is 0 Å². The molecular weight excluding hydrogens is 334 g/mol. The molecule has 2 N–H and O–H groups in total. The van der Waals surface area contributed by atoms with Crippen molar-refractivity contribution in [1.29, 1.82) is 0 Å². The van der Waals surface area contributed by atoms with Crippen molar-refractivity contribution in [3.63, 3.8) is 0 Å². The summed E-state index contributed by atoms with van der Waals surface area (Å²) in [6, 6.07) is 14.5. The minimum atomic E-state index is -1.23. The van der Waals surface area contributed by atoms with E-state index in [9.17, 15) is 19.5 Å². The second-order valence-corrected chi connectivity index (χ2v) is 6.10. The zero-order valence-corrected chi connectivity index (χ0v) is 14.0. The van der Waals surface area contributed by atoms with Gasteiger partial charge in [-0.3, -0.25) is 14.4 Å². The number of aliphatic hydroxyl groups excluding tert-OH is 1. The topological polar surface area (TPSA) is 94.9 Å². The minimum absolute atomic E-state index is 0.105. The molecule has 0 radical (unpaired) electrons. The molecule has 0 aliphatic carbocycles. The van der Waals surface area contributed by atoms with Gasteiger partial charge in [-0.15, -0.1) is 0 Å². The number of hydrogen-bond donors (Lipinski definition) is 2. The van der Waals surface area contributed by atoms with Crippen molar-refractivity contribution in [2.45, 2.75) is 13.0 Å². The number of Topliss-reactive ketones (excluding diaryl/α,β-unsaturated/α-hetero) is 1. The van der Waals surface area contributed by atoms with Crippen LogP contribution in [0.5, 0.6) is 0 Å². The molecule has 1 fully saturated rings.